The second-order valence-corrected chi connectivity index (χ2v) is 13.4. The van der Waals surface area contributed by atoms with Crippen molar-refractivity contribution < 1.29 is 26.3 Å². The van der Waals surface area contributed by atoms with Gasteiger partial charge in [-0.05, 0) is 42.8 Å². The molecule has 0 fully saturated rings. The van der Waals surface area contributed by atoms with Crippen LogP contribution in [0.2, 0.25) is 0 Å². The van der Waals surface area contributed by atoms with Gasteiger partial charge in [-0.3, -0.25) is 0 Å². The van der Waals surface area contributed by atoms with E-state index in [4.69, 9.17) is 0 Å². The zero-order chi connectivity index (χ0) is 29.2. The highest BCUT2D eigenvalue weighted by molar-refractivity contribution is 7.21. The summed E-state index contributed by atoms with van der Waals surface area (Å²) in [6, 6.07) is 3.11. The number of unbranched alkanes of at least 4 members (excludes halogenated alkanes) is 15. The van der Waals surface area contributed by atoms with Gasteiger partial charge in [-0.1, -0.05) is 103 Å². The molecule has 0 saturated carbocycles. The lowest BCUT2D eigenvalue weighted by molar-refractivity contribution is -0.136. The first kappa shape index (κ1) is 33.2. The van der Waals surface area contributed by atoms with E-state index in [-0.39, 0.29) is 4.88 Å². The molecule has 2 heterocycles. The first-order chi connectivity index (χ1) is 19.2. The number of aryl methyl sites for hydroxylation is 2. The van der Waals surface area contributed by atoms with Crippen molar-refractivity contribution in [3.63, 3.8) is 0 Å². The molecule has 2 aromatic rings. The van der Waals surface area contributed by atoms with Gasteiger partial charge in [-0.25, -0.2) is 17.6 Å². The molecule has 3 rings (SSSR count). The second-order valence-electron chi connectivity index (χ2n) is 11.2. The van der Waals surface area contributed by atoms with Crippen LogP contribution in [0.4, 0.5) is 26.3 Å². The summed E-state index contributed by atoms with van der Waals surface area (Å²) in [4.78, 5) is 1.42. The van der Waals surface area contributed by atoms with Crippen LogP contribution in [0.3, 0.4) is 0 Å². The lowest BCUT2D eigenvalue weighted by Crippen LogP contribution is -2.44. The van der Waals surface area contributed by atoms with Crippen LogP contribution in [0.25, 0.3) is 9.75 Å². The maximum absolute atomic E-state index is 15.4. The Morgan fingerprint density at radius 2 is 1.27 bits per heavy atom. The fourth-order valence-corrected chi connectivity index (χ4v) is 7.81. The molecule has 0 nitrogen and oxygen atoms in total. The van der Waals surface area contributed by atoms with E-state index >= 15 is 4.39 Å². The van der Waals surface area contributed by atoms with E-state index in [2.05, 4.69) is 6.92 Å². The van der Waals surface area contributed by atoms with Crippen molar-refractivity contribution in [2.24, 2.45) is 0 Å². The quantitative estimate of drug-likeness (QED) is 0.110. The van der Waals surface area contributed by atoms with Crippen LogP contribution >= 0.6 is 22.7 Å². The number of hydrogen-bond donors (Lipinski definition) is 0. The smallest absolute Gasteiger partial charge is 0.235 e. The molecule has 0 saturated heterocycles. The van der Waals surface area contributed by atoms with Gasteiger partial charge >= 0.3 is 5.92 Å². The van der Waals surface area contributed by atoms with Gasteiger partial charge in [0.15, 0.2) is 12.0 Å². The molecular weight excluding hydrogens is 562 g/mol. The predicted octanol–water partition coefficient (Wildman–Crippen LogP) is 12.9. The van der Waals surface area contributed by atoms with E-state index in [0.717, 1.165) is 47.1 Å². The van der Waals surface area contributed by atoms with Crippen LogP contribution in [0, 0.1) is 6.92 Å². The molecule has 2 unspecified atom stereocenters. The Bertz CT molecular complexity index is 1070. The SMILES string of the molecule is CCCCCCCCCCCCCCCCCCc1ccsc1-c1cc(C2(F)C(F)C(F)=C(F)C2(F)F)c(C)s1. The monoisotopic (exact) mass is 606 g/mol. The van der Waals surface area contributed by atoms with Gasteiger partial charge in [-0.15, -0.1) is 22.7 Å². The van der Waals surface area contributed by atoms with Gasteiger partial charge < -0.3 is 0 Å². The third kappa shape index (κ3) is 7.76. The fourth-order valence-electron chi connectivity index (χ4n) is 5.63. The van der Waals surface area contributed by atoms with Gasteiger partial charge in [0.2, 0.25) is 11.5 Å². The minimum absolute atomic E-state index is 0.0871. The molecule has 8 heteroatoms. The summed E-state index contributed by atoms with van der Waals surface area (Å²) in [7, 11) is 0. The molecule has 1 aliphatic rings. The van der Waals surface area contributed by atoms with Crippen LogP contribution < -0.4 is 0 Å². The molecule has 0 aromatic carbocycles. The molecule has 0 N–H and O–H groups in total. The number of allylic oxidation sites excluding steroid dienone is 2. The van der Waals surface area contributed by atoms with Crippen molar-refractivity contribution in [3.8, 4) is 9.75 Å². The van der Waals surface area contributed by atoms with Crippen LogP contribution in [0.15, 0.2) is 29.2 Å². The second kappa shape index (κ2) is 15.8. The fraction of sp³-hybridized carbons (Fsp3) is 0.688. The maximum atomic E-state index is 15.4. The van der Waals surface area contributed by atoms with E-state index < -0.39 is 35.0 Å². The Balaban J connectivity index is 1.37. The van der Waals surface area contributed by atoms with Crippen LogP contribution in [0.1, 0.15) is 126 Å². The van der Waals surface area contributed by atoms with Crippen LogP contribution in [0.5, 0.6) is 0 Å². The van der Waals surface area contributed by atoms with Gasteiger partial charge in [0, 0.05) is 20.2 Å². The van der Waals surface area contributed by atoms with Crippen molar-refractivity contribution >= 4 is 22.7 Å². The van der Waals surface area contributed by atoms with Gasteiger partial charge in [0.1, 0.15) is 0 Å². The average molecular weight is 607 g/mol. The lowest BCUT2D eigenvalue weighted by atomic mass is 9.89. The van der Waals surface area contributed by atoms with Crippen molar-refractivity contribution in [2.75, 3.05) is 0 Å². The molecule has 2 atom stereocenters. The van der Waals surface area contributed by atoms with E-state index in [1.165, 1.54) is 108 Å². The normalized spacial score (nSPS) is 20.6. The third-order valence-electron chi connectivity index (χ3n) is 8.09. The molecule has 0 aliphatic heterocycles. The molecule has 0 radical (unpaired) electrons. The number of alkyl halides is 4. The molecule has 0 spiro atoms. The largest absolute Gasteiger partial charge is 0.342 e. The van der Waals surface area contributed by atoms with Crippen LogP contribution in [-0.4, -0.2) is 12.1 Å². The summed E-state index contributed by atoms with van der Waals surface area (Å²) in [6.45, 7) is 3.63. The molecule has 0 amide bonds. The van der Waals surface area contributed by atoms with E-state index in [1.807, 2.05) is 11.4 Å². The lowest BCUT2D eigenvalue weighted by Gasteiger charge is -2.28. The summed E-state index contributed by atoms with van der Waals surface area (Å²) in [5, 5.41) is 1.89. The minimum atomic E-state index is -4.90. The molecule has 2 aromatic heterocycles. The Labute approximate surface area is 244 Å². The number of halogens is 6. The predicted molar refractivity (Wildman–Crippen MR) is 157 cm³/mol. The highest BCUT2D eigenvalue weighted by Crippen LogP contribution is 2.59. The summed E-state index contributed by atoms with van der Waals surface area (Å²) in [5.74, 6) is -9.92. The summed E-state index contributed by atoms with van der Waals surface area (Å²) in [5.41, 5.74) is -3.75. The molecule has 1 aliphatic carbocycles. The van der Waals surface area contributed by atoms with Crippen molar-refractivity contribution in [1.82, 2.24) is 0 Å². The Kier molecular flexibility index (Phi) is 13.1. The highest BCUT2D eigenvalue weighted by Gasteiger charge is 2.72. The van der Waals surface area contributed by atoms with Gasteiger partial charge in [0.05, 0.1) is 0 Å². The van der Waals surface area contributed by atoms with Gasteiger partial charge in [0.25, 0.3) is 0 Å². The summed E-state index contributed by atoms with van der Waals surface area (Å²) in [6.07, 6.45) is 18.1. The van der Waals surface area contributed by atoms with Crippen LogP contribution in [-0.2, 0) is 12.1 Å². The Morgan fingerprint density at radius 3 is 1.75 bits per heavy atom. The Morgan fingerprint density at radius 1 is 0.775 bits per heavy atom. The first-order valence-corrected chi connectivity index (χ1v) is 16.8. The van der Waals surface area contributed by atoms with Gasteiger partial charge in [-0.2, -0.15) is 8.78 Å². The van der Waals surface area contributed by atoms with Crippen molar-refractivity contribution in [3.05, 3.63) is 45.2 Å². The maximum Gasteiger partial charge on any atom is 0.342 e. The molecule has 0 bridgehead atoms. The van der Waals surface area contributed by atoms with Crippen molar-refractivity contribution in [1.29, 1.82) is 0 Å². The Hall–Kier alpha value is -1.28. The van der Waals surface area contributed by atoms with Crippen molar-refractivity contribution in [2.45, 2.75) is 141 Å². The zero-order valence-electron chi connectivity index (χ0n) is 23.9. The third-order valence-corrected chi connectivity index (χ3v) is 10.3. The first-order valence-electron chi connectivity index (χ1n) is 15.1. The molecular formula is C32H44F6S2. The number of rotatable bonds is 19. The van der Waals surface area contributed by atoms with E-state index in [1.54, 1.807) is 0 Å². The average Bonchev–Trinajstić information content (AvgIpc) is 3.59. The minimum Gasteiger partial charge on any atom is -0.235 e. The standard InChI is InChI=1S/C32H44F6S2/c1-3-4-5-6-7-8-9-10-11-12-13-14-15-16-17-18-19-24-20-21-39-28(24)26-22-25(23(2)40-26)31(36)29(34)27(33)30(35)32(31,37)38/h20-22,29H,3-19H2,1-2H3. The number of hydrogen-bond acceptors (Lipinski definition) is 2. The van der Waals surface area contributed by atoms with E-state index in [9.17, 15) is 22.0 Å². The highest BCUT2D eigenvalue weighted by atomic mass is 32.1. The molecule has 226 valence electrons. The zero-order valence-corrected chi connectivity index (χ0v) is 25.5. The summed E-state index contributed by atoms with van der Waals surface area (Å²) >= 11 is 2.45. The number of thiophene rings is 2. The topological polar surface area (TPSA) is 0 Å². The molecule has 40 heavy (non-hydrogen) atoms. The summed E-state index contributed by atoms with van der Waals surface area (Å²) < 4.78 is 85.8. The van der Waals surface area contributed by atoms with E-state index in [0.29, 0.717) is 4.88 Å².